The van der Waals surface area contributed by atoms with Gasteiger partial charge in [0.1, 0.15) is 0 Å². The van der Waals surface area contributed by atoms with Crippen molar-refractivity contribution in [2.75, 3.05) is 12.3 Å². The first-order valence-electron chi connectivity index (χ1n) is 5.55. The van der Waals surface area contributed by atoms with Crippen LogP contribution in [-0.2, 0) is 10.0 Å². The van der Waals surface area contributed by atoms with Crippen LogP contribution in [0.5, 0.6) is 0 Å². The molecule has 0 saturated carbocycles. The molecule has 1 aliphatic heterocycles. The number of rotatable bonds is 3. The van der Waals surface area contributed by atoms with Crippen molar-refractivity contribution in [1.82, 2.24) is 9.29 Å². The highest BCUT2D eigenvalue weighted by Crippen LogP contribution is 2.32. The Morgan fingerprint density at radius 2 is 2.31 bits per heavy atom. The summed E-state index contributed by atoms with van der Waals surface area (Å²) in [4.78, 5) is 4.25. The van der Waals surface area contributed by atoms with Gasteiger partial charge in [0.25, 0.3) is 0 Å². The van der Waals surface area contributed by atoms with E-state index in [0.717, 1.165) is 18.5 Å². The normalized spacial score (nSPS) is 22.4. The standard InChI is InChI=1S/C11H16N2O2S/c1-2-16(14,15)13-9-5-7-11(13)10-6-3-4-8-12-10/h3-4,6,8,11H,2,5,7,9H2,1H3. The van der Waals surface area contributed by atoms with Gasteiger partial charge in [0, 0.05) is 12.7 Å². The van der Waals surface area contributed by atoms with E-state index in [0.29, 0.717) is 6.54 Å². The van der Waals surface area contributed by atoms with Crippen molar-refractivity contribution in [1.29, 1.82) is 0 Å². The summed E-state index contributed by atoms with van der Waals surface area (Å²) < 4.78 is 25.4. The van der Waals surface area contributed by atoms with Crippen LogP contribution in [0, 0.1) is 0 Å². The summed E-state index contributed by atoms with van der Waals surface area (Å²) in [5.74, 6) is 0.163. The predicted molar refractivity (Wildman–Crippen MR) is 62.4 cm³/mol. The van der Waals surface area contributed by atoms with Crippen molar-refractivity contribution in [2.24, 2.45) is 0 Å². The summed E-state index contributed by atoms with van der Waals surface area (Å²) in [6, 6.07) is 5.58. The molecule has 1 fully saturated rings. The number of pyridine rings is 1. The molecule has 1 saturated heterocycles. The molecule has 1 aromatic rings. The van der Waals surface area contributed by atoms with Gasteiger partial charge in [-0.1, -0.05) is 6.07 Å². The largest absolute Gasteiger partial charge is 0.260 e. The van der Waals surface area contributed by atoms with Crippen LogP contribution in [0.1, 0.15) is 31.5 Å². The Labute approximate surface area is 96.4 Å². The van der Waals surface area contributed by atoms with Gasteiger partial charge in [-0.3, -0.25) is 4.98 Å². The smallest absolute Gasteiger partial charge is 0.214 e. The molecule has 4 nitrogen and oxygen atoms in total. The lowest BCUT2D eigenvalue weighted by Gasteiger charge is -2.22. The van der Waals surface area contributed by atoms with Crippen molar-refractivity contribution >= 4 is 10.0 Å². The summed E-state index contributed by atoms with van der Waals surface area (Å²) in [5.41, 5.74) is 0.858. The quantitative estimate of drug-likeness (QED) is 0.805. The average Bonchev–Trinajstić information content (AvgIpc) is 2.80. The summed E-state index contributed by atoms with van der Waals surface area (Å²) in [6.07, 6.45) is 3.50. The number of hydrogen-bond donors (Lipinski definition) is 0. The predicted octanol–water partition coefficient (Wildman–Crippen LogP) is 1.57. The van der Waals surface area contributed by atoms with Crippen LogP contribution in [-0.4, -0.2) is 30.0 Å². The molecule has 2 heterocycles. The van der Waals surface area contributed by atoms with Gasteiger partial charge in [0.15, 0.2) is 0 Å². The minimum Gasteiger partial charge on any atom is -0.260 e. The molecule has 16 heavy (non-hydrogen) atoms. The molecule has 0 N–H and O–H groups in total. The lowest BCUT2D eigenvalue weighted by molar-refractivity contribution is 0.391. The van der Waals surface area contributed by atoms with E-state index in [9.17, 15) is 8.42 Å². The van der Waals surface area contributed by atoms with E-state index >= 15 is 0 Å². The van der Waals surface area contributed by atoms with Crippen LogP contribution in [0.3, 0.4) is 0 Å². The van der Waals surface area contributed by atoms with Crippen molar-refractivity contribution in [3.8, 4) is 0 Å². The Morgan fingerprint density at radius 1 is 1.50 bits per heavy atom. The van der Waals surface area contributed by atoms with Crippen LogP contribution < -0.4 is 0 Å². The second-order valence-corrected chi connectivity index (χ2v) is 6.13. The number of nitrogens with zero attached hydrogens (tertiary/aromatic N) is 2. The van der Waals surface area contributed by atoms with Gasteiger partial charge >= 0.3 is 0 Å². The van der Waals surface area contributed by atoms with E-state index < -0.39 is 10.0 Å². The van der Waals surface area contributed by atoms with Gasteiger partial charge in [-0.05, 0) is 31.9 Å². The highest BCUT2D eigenvalue weighted by Gasteiger charge is 2.34. The molecule has 1 atom stereocenters. The Balaban J connectivity index is 2.29. The van der Waals surface area contributed by atoms with E-state index in [2.05, 4.69) is 4.98 Å². The van der Waals surface area contributed by atoms with E-state index in [1.54, 1.807) is 17.4 Å². The Bertz CT molecular complexity index is 444. The van der Waals surface area contributed by atoms with Crippen LogP contribution in [0.2, 0.25) is 0 Å². The third-order valence-corrected chi connectivity index (χ3v) is 4.84. The maximum Gasteiger partial charge on any atom is 0.214 e. The first-order valence-corrected chi connectivity index (χ1v) is 7.16. The minimum atomic E-state index is -3.10. The van der Waals surface area contributed by atoms with Crippen LogP contribution in [0.15, 0.2) is 24.4 Å². The lowest BCUT2D eigenvalue weighted by atomic mass is 10.1. The fraction of sp³-hybridized carbons (Fsp3) is 0.545. The maximum absolute atomic E-state index is 11.9. The third kappa shape index (κ3) is 2.10. The summed E-state index contributed by atoms with van der Waals surface area (Å²) in [5, 5.41) is 0. The van der Waals surface area contributed by atoms with Gasteiger partial charge < -0.3 is 0 Å². The molecule has 0 aliphatic carbocycles. The van der Waals surface area contributed by atoms with Crippen LogP contribution >= 0.6 is 0 Å². The highest BCUT2D eigenvalue weighted by atomic mass is 32.2. The second kappa shape index (κ2) is 4.51. The maximum atomic E-state index is 11.9. The average molecular weight is 240 g/mol. The first kappa shape index (κ1) is 11.5. The zero-order valence-electron chi connectivity index (χ0n) is 9.33. The molecule has 0 amide bonds. The summed E-state index contributed by atoms with van der Waals surface area (Å²) >= 11 is 0. The van der Waals surface area contributed by atoms with Crippen LogP contribution in [0.4, 0.5) is 0 Å². The summed E-state index contributed by atoms with van der Waals surface area (Å²) in [6.45, 7) is 2.31. The van der Waals surface area contributed by atoms with E-state index in [-0.39, 0.29) is 11.8 Å². The van der Waals surface area contributed by atoms with Crippen LogP contribution in [0.25, 0.3) is 0 Å². The molecule has 0 radical (unpaired) electrons. The van der Waals surface area contributed by atoms with Gasteiger partial charge in [-0.15, -0.1) is 0 Å². The van der Waals surface area contributed by atoms with Crippen molar-refractivity contribution in [2.45, 2.75) is 25.8 Å². The number of aromatic nitrogens is 1. The molecule has 5 heteroatoms. The third-order valence-electron chi connectivity index (χ3n) is 2.95. The zero-order valence-corrected chi connectivity index (χ0v) is 10.2. The van der Waals surface area contributed by atoms with E-state index in [1.807, 2.05) is 18.2 Å². The fourth-order valence-corrected chi connectivity index (χ4v) is 3.45. The molecule has 1 aliphatic rings. The van der Waals surface area contributed by atoms with Crippen molar-refractivity contribution in [3.05, 3.63) is 30.1 Å². The minimum absolute atomic E-state index is 0.0638. The molecule has 1 aromatic heterocycles. The molecule has 0 spiro atoms. The Morgan fingerprint density at radius 3 is 2.94 bits per heavy atom. The van der Waals surface area contributed by atoms with Gasteiger partial charge in [-0.2, -0.15) is 4.31 Å². The van der Waals surface area contributed by atoms with Gasteiger partial charge in [0.05, 0.1) is 17.5 Å². The molecule has 0 aromatic carbocycles. The molecule has 1 unspecified atom stereocenters. The Kier molecular flexibility index (Phi) is 3.25. The molecule has 2 rings (SSSR count). The second-order valence-electron chi connectivity index (χ2n) is 3.92. The molecule has 88 valence electrons. The highest BCUT2D eigenvalue weighted by molar-refractivity contribution is 7.89. The topological polar surface area (TPSA) is 50.3 Å². The SMILES string of the molecule is CCS(=O)(=O)N1CCCC1c1ccccn1. The summed E-state index contributed by atoms with van der Waals surface area (Å²) in [7, 11) is -3.10. The fourth-order valence-electron chi connectivity index (χ4n) is 2.11. The monoisotopic (exact) mass is 240 g/mol. The molecular weight excluding hydrogens is 224 g/mol. The first-order chi connectivity index (χ1) is 7.65. The molecular formula is C11H16N2O2S. The van der Waals surface area contributed by atoms with Crippen molar-refractivity contribution < 1.29 is 8.42 Å². The number of hydrogen-bond acceptors (Lipinski definition) is 3. The van der Waals surface area contributed by atoms with Crippen molar-refractivity contribution in [3.63, 3.8) is 0 Å². The van der Waals surface area contributed by atoms with Gasteiger partial charge in [0.2, 0.25) is 10.0 Å². The molecule has 0 bridgehead atoms. The number of sulfonamides is 1. The zero-order chi connectivity index (χ0) is 11.6. The van der Waals surface area contributed by atoms with E-state index in [1.165, 1.54) is 0 Å². The van der Waals surface area contributed by atoms with Gasteiger partial charge in [-0.25, -0.2) is 8.42 Å². The lowest BCUT2D eigenvalue weighted by Crippen LogP contribution is -2.32. The Hall–Kier alpha value is -0.940. The van der Waals surface area contributed by atoms with E-state index in [4.69, 9.17) is 0 Å².